The highest BCUT2D eigenvalue weighted by Crippen LogP contribution is 2.39. The first kappa shape index (κ1) is 15.9. The van der Waals surface area contributed by atoms with E-state index >= 15 is 0 Å². The van der Waals surface area contributed by atoms with Crippen LogP contribution in [0.1, 0.15) is 40.4 Å². The van der Waals surface area contributed by atoms with E-state index in [9.17, 15) is 26.7 Å². The third-order valence-electron chi connectivity index (χ3n) is 2.32. The fourth-order valence-corrected chi connectivity index (χ4v) is 1.57. The molecule has 0 fully saturated rings. The smallest absolute Gasteiger partial charge is 0.418 e. The van der Waals surface area contributed by atoms with Gasteiger partial charge in [-0.1, -0.05) is 0 Å². The molecule has 1 aromatic carbocycles. The van der Waals surface area contributed by atoms with Crippen molar-refractivity contribution < 1.29 is 31.5 Å². The van der Waals surface area contributed by atoms with Crippen molar-refractivity contribution in [3.63, 3.8) is 0 Å². The van der Waals surface area contributed by atoms with E-state index in [1.807, 2.05) is 0 Å². The molecule has 0 saturated carbocycles. The molecule has 0 N–H and O–H groups in total. The third-order valence-corrected chi connectivity index (χ3v) is 2.32. The minimum Gasteiger partial charge on any atom is -0.462 e. The monoisotopic (exact) mass is 293 g/mol. The van der Waals surface area contributed by atoms with E-state index in [1.54, 1.807) is 0 Å². The Balaban J connectivity index is 3.56. The summed E-state index contributed by atoms with van der Waals surface area (Å²) in [6.07, 6.45) is -8.60. The van der Waals surface area contributed by atoms with Crippen LogP contribution in [-0.4, -0.2) is 12.6 Å². The topological polar surface area (TPSA) is 50.1 Å². The first-order valence-electron chi connectivity index (χ1n) is 5.32. The molecule has 0 unspecified atom stereocenters. The van der Waals surface area contributed by atoms with Crippen LogP contribution in [0.3, 0.4) is 0 Å². The van der Waals surface area contributed by atoms with Crippen molar-refractivity contribution in [2.45, 2.75) is 19.5 Å². The maximum Gasteiger partial charge on any atom is 0.418 e. The van der Waals surface area contributed by atoms with Crippen LogP contribution < -0.4 is 0 Å². The minimum absolute atomic E-state index is 0.0776. The van der Waals surface area contributed by atoms with E-state index < -0.39 is 40.8 Å². The molecule has 0 spiro atoms. The van der Waals surface area contributed by atoms with Crippen molar-refractivity contribution in [3.05, 3.63) is 34.4 Å². The van der Waals surface area contributed by atoms with E-state index in [0.717, 1.165) is 0 Å². The summed E-state index contributed by atoms with van der Waals surface area (Å²) in [7, 11) is 0. The van der Waals surface area contributed by atoms with Gasteiger partial charge in [-0.3, -0.25) is 0 Å². The number of benzene rings is 1. The number of alkyl halides is 5. The van der Waals surface area contributed by atoms with Crippen molar-refractivity contribution in [2.75, 3.05) is 6.61 Å². The predicted octanol–water partition coefficient (Wildman–Crippen LogP) is 3.69. The van der Waals surface area contributed by atoms with Crippen LogP contribution in [0.25, 0.3) is 0 Å². The van der Waals surface area contributed by atoms with Gasteiger partial charge in [0.25, 0.3) is 6.43 Å². The molecule has 0 atom stereocenters. The highest BCUT2D eigenvalue weighted by Gasteiger charge is 2.39. The van der Waals surface area contributed by atoms with Gasteiger partial charge in [0.2, 0.25) is 0 Å². The second-order valence-electron chi connectivity index (χ2n) is 3.62. The number of hydrogen-bond donors (Lipinski definition) is 0. The van der Waals surface area contributed by atoms with Crippen molar-refractivity contribution in [3.8, 4) is 6.07 Å². The van der Waals surface area contributed by atoms with Crippen LogP contribution in [0.2, 0.25) is 0 Å². The molecule has 1 aromatic rings. The molecule has 0 aliphatic rings. The largest absolute Gasteiger partial charge is 0.462 e. The van der Waals surface area contributed by atoms with Crippen LogP contribution in [-0.2, 0) is 10.9 Å². The fourth-order valence-electron chi connectivity index (χ4n) is 1.57. The van der Waals surface area contributed by atoms with Crippen molar-refractivity contribution in [1.29, 1.82) is 5.26 Å². The zero-order valence-corrected chi connectivity index (χ0v) is 10.1. The predicted molar refractivity (Wildman–Crippen MR) is 57.1 cm³/mol. The van der Waals surface area contributed by atoms with Crippen molar-refractivity contribution in [2.24, 2.45) is 0 Å². The number of carbonyl (C=O) groups excluding carboxylic acids is 1. The molecule has 0 bridgehead atoms. The Kier molecular flexibility index (Phi) is 4.65. The molecular formula is C12H8F5NO2. The first-order valence-corrected chi connectivity index (χ1v) is 5.32. The summed E-state index contributed by atoms with van der Waals surface area (Å²) in [6, 6.07) is 2.16. The van der Waals surface area contributed by atoms with Gasteiger partial charge < -0.3 is 4.74 Å². The number of carbonyl (C=O) groups is 1. The maximum atomic E-state index is 12.7. The highest BCUT2D eigenvalue weighted by atomic mass is 19.4. The number of hydrogen-bond acceptors (Lipinski definition) is 3. The Labute approximate surface area is 110 Å². The molecule has 0 radical (unpaired) electrons. The lowest BCUT2D eigenvalue weighted by molar-refractivity contribution is -0.139. The second kappa shape index (κ2) is 5.86. The molecule has 1 rings (SSSR count). The van der Waals surface area contributed by atoms with Gasteiger partial charge in [-0.25, -0.2) is 13.6 Å². The zero-order chi connectivity index (χ0) is 15.5. The molecule has 0 heterocycles. The van der Waals surface area contributed by atoms with Gasteiger partial charge >= 0.3 is 12.1 Å². The molecule has 20 heavy (non-hydrogen) atoms. The highest BCUT2D eigenvalue weighted by molar-refractivity contribution is 5.90. The summed E-state index contributed by atoms with van der Waals surface area (Å²) in [5.74, 6) is -1.07. The second-order valence-corrected chi connectivity index (χ2v) is 3.62. The molecule has 0 aromatic heterocycles. The number of nitriles is 1. The van der Waals surface area contributed by atoms with Crippen molar-refractivity contribution in [1.82, 2.24) is 0 Å². The summed E-state index contributed by atoms with van der Waals surface area (Å²) in [5.41, 5.74) is -4.72. The maximum absolute atomic E-state index is 12.7. The van der Waals surface area contributed by atoms with E-state index in [2.05, 4.69) is 4.74 Å². The van der Waals surface area contributed by atoms with Gasteiger partial charge in [0, 0.05) is 5.56 Å². The summed E-state index contributed by atoms with van der Waals surface area (Å²) < 4.78 is 68.2. The van der Waals surface area contributed by atoms with E-state index in [1.165, 1.54) is 13.0 Å². The standard InChI is InChI=1S/C12H8F5NO2/c1-2-20-11(19)6-3-7(5-18)9(12(15,16)17)8(4-6)10(13)14/h3-4,10H,2H2,1H3. The van der Waals surface area contributed by atoms with Crippen LogP contribution in [0.5, 0.6) is 0 Å². The molecule has 0 aliphatic heterocycles. The minimum atomic E-state index is -5.12. The average molecular weight is 293 g/mol. The number of esters is 1. The lowest BCUT2D eigenvalue weighted by Crippen LogP contribution is -2.15. The molecule has 108 valence electrons. The molecule has 0 saturated heterocycles. The normalized spacial score (nSPS) is 11.3. The first-order chi connectivity index (χ1) is 9.22. The SMILES string of the molecule is CCOC(=O)c1cc(C#N)c(C(F)(F)F)c(C(F)F)c1. The number of halogens is 5. The van der Waals surface area contributed by atoms with E-state index in [0.29, 0.717) is 12.1 Å². The lowest BCUT2D eigenvalue weighted by atomic mass is 9.97. The van der Waals surface area contributed by atoms with Crippen LogP contribution in [0, 0.1) is 11.3 Å². The summed E-state index contributed by atoms with van der Waals surface area (Å²) in [4.78, 5) is 11.4. The number of nitrogens with zero attached hydrogens (tertiary/aromatic N) is 1. The van der Waals surface area contributed by atoms with Crippen molar-refractivity contribution >= 4 is 5.97 Å². The van der Waals surface area contributed by atoms with Gasteiger partial charge in [0.05, 0.1) is 29.4 Å². The Morgan fingerprint density at radius 2 is 2.00 bits per heavy atom. The summed E-state index contributed by atoms with van der Waals surface area (Å²) in [5, 5.41) is 8.68. The van der Waals surface area contributed by atoms with Gasteiger partial charge in [-0.15, -0.1) is 0 Å². The molecule has 0 amide bonds. The molecule has 0 aliphatic carbocycles. The van der Waals surface area contributed by atoms with E-state index in [-0.39, 0.29) is 6.61 Å². The Morgan fingerprint density at radius 3 is 2.40 bits per heavy atom. The fraction of sp³-hybridized carbons (Fsp3) is 0.333. The molecular weight excluding hydrogens is 285 g/mol. The lowest BCUT2D eigenvalue weighted by Gasteiger charge is -2.15. The number of ether oxygens (including phenoxy) is 1. The van der Waals surface area contributed by atoms with Gasteiger partial charge in [0.15, 0.2) is 0 Å². The summed E-state index contributed by atoms with van der Waals surface area (Å²) in [6.45, 7) is 1.37. The van der Waals surface area contributed by atoms with Gasteiger partial charge in [-0.05, 0) is 19.1 Å². The van der Waals surface area contributed by atoms with Crippen LogP contribution >= 0.6 is 0 Å². The Bertz CT molecular complexity index is 560. The van der Waals surface area contributed by atoms with Gasteiger partial charge in [-0.2, -0.15) is 18.4 Å². The third kappa shape index (κ3) is 3.23. The quantitative estimate of drug-likeness (QED) is 0.631. The van der Waals surface area contributed by atoms with Gasteiger partial charge in [0.1, 0.15) is 0 Å². The zero-order valence-electron chi connectivity index (χ0n) is 10.1. The van der Waals surface area contributed by atoms with E-state index in [4.69, 9.17) is 5.26 Å². The Hall–Kier alpha value is -2.17. The van der Waals surface area contributed by atoms with Crippen LogP contribution in [0.15, 0.2) is 12.1 Å². The summed E-state index contributed by atoms with van der Waals surface area (Å²) >= 11 is 0. The average Bonchev–Trinajstić information content (AvgIpc) is 2.36. The van der Waals surface area contributed by atoms with Crippen LogP contribution in [0.4, 0.5) is 22.0 Å². The molecule has 8 heteroatoms. The number of rotatable bonds is 3. The Morgan fingerprint density at radius 1 is 1.40 bits per heavy atom. The molecule has 3 nitrogen and oxygen atoms in total.